The van der Waals surface area contributed by atoms with Gasteiger partial charge in [0.2, 0.25) is 0 Å². The predicted octanol–water partition coefficient (Wildman–Crippen LogP) is 2.17. The van der Waals surface area contributed by atoms with Gasteiger partial charge in [-0.15, -0.1) is 6.58 Å². The summed E-state index contributed by atoms with van der Waals surface area (Å²) in [7, 11) is 3.77. The van der Waals surface area contributed by atoms with Crippen LogP contribution in [-0.4, -0.2) is 40.1 Å². The second-order valence-electron chi connectivity index (χ2n) is 4.37. The minimum atomic E-state index is -0.996. The van der Waals surface area contributed by atoms with E-state index in [4.69, 9.17) is 5.11 Å². The van der Waals surface area contributed by atoms with Gasteiger partial charge in [0, 0.05) is 26.6 Å². The van der Waals surface area contributed by atoms with Crippen molar-refractivity contribution < 1.29 is 9.90 Å². The topological polar surface area (TPSA) is 91.2 Å². The molecular weight excluding hydrogens is 290 g/mol. The molecule has 0 bridgehead atoms. The number of hydrogen-bond donors (Lipinski definition) is 2. The SMILES string of the molecule is C=CCc1nc(Nc2ncc(C(=O)O)s2)cc(N(C)C)n1. The van der Waals surface area contributed by atoms with Gasteiger partial charge >= 0.3 is 5.97 Å². The maximum absolute atomic E-state index is 10.8. The zero-order valence-electron chi connectivity index (χ0n) is 11.7. The molecule has 0 radical (unpaired) electrons. The Hall–Kier alpha value is -2.48. The first kappa shape index (κ1) is 14.9. The molecule has 2 rings (SSSR count). The van der Waals surface area contributed by atoms with Crippen molar-refractivity contribution in [3.05, 3.63) is 35.6 Å². The third kappa shape index (κ3) is 3.76. The van der Waals surface area contributed by atoms with Gasteiger partial charge in [0.15, 0.2) is 5.13 Å². The van der Waals surface area contributed by atoms with Crippen molar-refractivity contribution in [1.82, 2.24) is 15.0 Å². The highest BCUT2D eigenvalue weighted by Crippen LogP contribution is 2.23. The highest BCUT2D eigenvalue weighted by atomic mass is 32.1. The predicted molar refractivity (Wildman–Crippen MR) is 82.6 cm³/mol. The van der Waals surface area contributed by atoms with E-state index >= 15 is 0 Å². The number of anilines is 3. The Bertz CT molecular complexity index is 668. The summed E-state index contributed by atoms with van der Waals surface area (Å²) in [5.74, 6) is 0.953. The van der Waals surface area contributed by atoms with E-state index in [9.17, 15) is 4.79 Å². The molecule has 2 N–H and O–H groups in total. The van der Waals surface area contributed by atoms with Crippen LogP contribution in [0.2, 0.25) is 0 Å². The van der Waals surface area contributed by atoms with Crippen LogP contribution in [0.25, 0.3) is 0 Å². The maximum Gasteiger partial charge on any atom is 0.347 e. The van der Waals surface area contributed by atoms with E-state index in [1.165, 1.54) is 6.20 Å². The highest BCUT2D eigenvalue weighted by molar-refractivity contribution is 7.17. The first-order valence-electron chi connectivity index (χ1n) is 6.12. The summed E-state index contributed by atoms with van der Waals surface area (Å²) < 4.78 is 0. The van der Waals surface area contributed by atoms with Crippen LogP contribution in [0.5, 0.6) is 0 Å². The van der Waals surface area contributed by atoms with Gasteiger partial charge in [-0.25, -0.2) is 19.7 Å². The molecule has 110 valence electrons. The lowest BCUT2D eigenvalue weighted by Gasteiger charge is -2.13. The van der Waals surface area contributed by atoms with E-state index in [0.717, 1.165) is 17.2 Å². The zero-order valence-corrected chi connectivity index (χ0v) is 12.5. The van der Waals surface area contributed by atoms with Crippen LogP contribution in [0.15, 0.2) is 24.9 Å². The summed E-state index contributed by atoms with van der Waals surface area (Å²) in [5.41, 5.74) is 0. The molecule has 21 heavy (non-hydrogen) atoms. The van der Waals surface area contributed by atoms with Crippen LogP contribution < -0.4 is 10.2 Å². The van der Waals surface area contributed by atoms with Gasteiger partial charge in [0.1, 0.15) is 22.3 Å². The minimum absolute atomic E-state index is 0.172. The average molecular weight is 305 g/mol. The molecule has 8 heteroatoms. The van der Waals surface area contributed by atoms with Gasteiger partial charge in [0.05, 0.1) is 6.20 Å². The largest absolute Gasteiger partial charge is 0.477 e. The fourth-order valence-corrected chi connectivity index (χ4v) is 2.20. The van der Waals surface area contributed by atoms with Crippen LogP contribution in [0.3, 0.4) is 0 Å². The van der Waals surface area contributed by atoms with E-state index < -0.39 is 5.97 Å². The molecule has 0 amide bonds. The molecule has 0 atom stereocenters. The van der Waals surface area contributed by atoms with E-state index in [-0.39, 0.29) is 4.88 Å². The van der Waals surface area contributed by atoms with Crippen LogP contribution in [0, 0.1) is 0 Å². The summed E-state index contributed by atoms with van der Waals surface area (Å²) in [6.45, 7) is 3.68. The number of thiazole rings is 1. The molecule has 2 heterocycles. The van der Waals surface area contributed by atoms with Crippen LogP contribution in [0.4, 0.5) is 16.8 Å². The summed E-state index contributed by atoms with van der Waals surface area (Å²) in [5, 5.41) is 12.4. The summed E-state index contributed by atoms with van der Waals surface area (Å²) in [6.07, 6.45) is 3.59. The Labute approximate surface area is 126 Å². The molecule has 0 aromatic carbocycles. The van der Waals surface area contributed by atoms with E-state index in [0.29, 0.717) is 23.2 Å². The fraction of sp³-hybridized carbons (Fsp3) is 0.231. The average Bonchev–Trinajstić information content (AvgIpc) is 2.87. The number of hydrogen-bond acceptors (Lipinski definition) is 7. The first-order chi connectivity index (χ1) is 9.99. The van der Waals surface area contributed by atoms with Gasteiger partial charge < -0.3 is 15.3 Å². The number of aromatic nitrogens is 3. The van der Waals surface area contributed by atoms with E-state index in [2.05, 4.69) is 26.8 Å². The summed E-state index contributed by atoms with van der Waals surface area (Å²) in [4.78, 5) is 25.6. The molecule has 0 aliphatic rings. The van der Waals surface area contributed by atoms with Crippen molar-refractivity contribution in [3.8, 4) is 0 Å². The number of aromatic carboxylic acids is 1. The van der Waals surface area contributed by atoms with Gasteiger partial charge in [-0.2, -0.15) is 0 Å². The second-order valence-corrected chi connectivity index (χ2v) is 5.41. The lowest BCUT2D eigenvalue weighted by atomic mass is 10.4. The van der Waals surface area contributed by atoms with Crippen molar-refractivity contribution >= 4 is 34.1 Å². The lowest BCUT2D eigenvalue weighted by Crippen LogP contribution is -2.13. The molecule has 0 saturated heterocycles. The van der Waals surface area contributed by atoms with Crippen LogP contribution in [0.1, 0.15) is 15.5 Å². The summed E-state index contributed by atoms with van der Waals surface area (Å²) >= 11 is 1.05. The van der Waals surface area contributed by atoms with Gasteiger partial charge in [0.25, 0.3) is 0 Å². The maximum atomic E-state index is 10.8. The molecule has 0 unspecified atom stereocenters. The number of allylic oxidation sites excluding steroid dienone is 1. The number of carbonyl (C=O) groups is 1. The second kappa shape index (κ2) is 6.31. The molecule has 7 nitrogen and oxygen atoms in total. The quantitative estimate of drug-likeness (QED) is 0.790. The number of nitrogens with zero attached hydrogens (tertiary/aromatic N) is 4. The smallest absolute Gasteiger partial charge is 0.347 e. The third-order valence-electron chi connectivity index (χ3n) is 2.50. The molecule has 0 saturated carbocycles. The lowest BCUT2D eigenvalue weighted by molar-refractivity contribution is 0.0702. The Morgan fingerprint density at radius 1 is 1.52 bits per heavy atom. The molecule has 0 aliphatic carbocycles. The van der Waals surface area contributed by atoms with Crippen molar-refractivity contribution in [3.63, 3.8) is 0 Å². The van der Waals surface area contributed by atoms with Gasteiger partial charge in [-0.05, 0) is 0 Å². The summed E-state index contributed by atoms with van der Waals surface area (Å²) in [6, 6.07) is 1.77. The minimum Gasteiger partial charge on any atom is -0.477 e. The molecule has 0 fully saturated rings. The number of carboxylic acid groups (broad SMARTS) is 1. The van der Waals surface area contributed by atoms with Crippen molar-refractivity contribution in [2.75, 3.05) is 24.3 Å². The molecule has 0 spiro atoms. The Morgan fingerprint density at radius 2 is 2.29 bits per heavy atom. The van der Waals surface area contributed by atoms with Gasteiger partial charge in [-0.1, -0.05) is 17.4 Å². The Kier molecular flexibility index (Phi) is 4.49. The number of rotatable bonds is 6. The fourth-order valence-electron chi connectivity index (χ4n) is 1.54. The molecular formula is C13H15N5O2S. The standard InChI is InChI=1S/C13H15N5O2S/c1-4-5-9-15-10(6-11(16-9)18(2)3)17-13-14-7-8(21-13)12(19)20/h4,6-7H,1,5H2,2-3H3,(H,19,20)(H,14,15,16,17). The normalized spacial score (nSPS) is 10.2. The Balaban J connectivity index is 2.28. The van der Waals surface area contributed by atoms with E-state index in [1.54, 1.807) is 12.1 Å². The van der Waals surface area contributed by atoms with E-state index in [1.807, 2.05) is 19.0 Å². The third-order valence-corrected chi connectivity index (χ3v) is 3.40. The van der Waals surface area contributed by atoms with Crippen molar-refractivity contribution in [2.24, 2.45) is 0 Å². The molecule has 0 aliphatic heterocycles. The first-order valence-corrected chi connectivity index (χ1v) is 6.93. The zero-order chi connectivity index (χ0) is 15.4. The molecule has 2 aromatic heterocycles. The Morgan fingerprint density at radius 3 is 2.86 bits per heavy atom. The monoisotopic (exact) mass is 305 g/mol. The number of nitrogens with one attached hydrogen (secondary N) is 1. The highest BCUT2D eigenvalue weighted by Gasteiger charge is 2.11. The van der Waals surface area contributed by atoms with Crippen LogP contribution >= 0.6 is 11.3 Å². The van der Waals surface area contributed by atoms with Crippen molar-refractivity contribution in [1.29, 1.82) is 0 Å². The molecule has 2 aromatic rings. The van der Waals surface area contributed by atoms with Crippen LogP contribution in [-0.2, 0) is 6.42 Å². The van der Waals surface area contributed by atoms with Crippen molar-refractivity contribution in [2.45, 2.75) is 6.42 Å². The van der Waals surface area contributed by atoms with Gasteiger partial charge in [-0.3, -0.25) is 0 Å². The number of carboxylic acids is 1.